The molecule has 21 heavy (non-hydrogen) atoms. The van der Waals surface area contributed by atoms with Gasteiger partial charge in [0.1, 0.15) is 0 Å². The molecule has 4 nitrogen and oxygen atoms in total. The molecule has 2 rings (SSSR count). The van der Waals surface area contributed by atoms with Gasteiger partial charge in [-0.05, 0) is 56.8 Å². The molecule has 5 heteroatoms. The topological polar surface area (TPSA) is 58.4 Å². The van der Waals surface area contributed by atoms with E-state index in [0.29, 0.717) is 12.5 Å². The van der Waals surface area contributed by atoms with Crippen molar-refractivity contribution in [2.45, 2.75) is 26.7 Å². The molecule has 1 aromatic rings. The minimum Gasteiger partial charge on any atom is -0.330 e. The van der Waals surface area contributed by atoms with Crippen molar-refractivity contribution in [3.8, 4) is 0 Å². The minimum atomic E-state index is 0. The van der Waals surface area contributed by atoms with Crippen LogP contribution in [0.3, 0.4) is 0 Å². The lowest BCUT2D eigenvalue weighted by Crippen LogP contribution is -2.42. The van der Waals surface area contributed by atoms with Gasteiger partial charge < -0.3 is 11.1 Å². The molecule has 1 aliphatic rings. The highest BCUT2D eigenvalue weighted by Crippen LogP contribution is 2.20. The zero-order valence-electron chi connectivity index (χ0n) is 12.9. The standard InChI is InChI=1S/C16H25N3O.ClH/c1-12-5-3-6-13(2)16(12)18-15(20)11-19-8-4-7-14(9-17)10-19;/h3,5-6,14H,4,7-11,17H2,1-2H3,(H,18,20);1H. The summed E-state index contributed by atoms with van der Waals surface area (Å²) in [5.74, 6) is 0.608. The largest absolute Gasteiger partial charge is 0.330 e. The van der Waals surface area contributed by atoms with Gasteiger partial charge in [-0.25, -0.2) is 0 Å². The number of rotatable bonds is 4. The van der Waals surface area contributed by atoms with E-state index < -0.39 is 0 Å². The summed E-state index contributed by atoms with van der Waals surface area (Å²) >= 11 is 0. The lowest BCUT2D eigenvalue weighted by Gasteiger charge is -2.31. The Morgan fingerprint density at radius 2 is 2.05 bits per heavy atom. The summed E-state index contributed by atoms with van der Waals surface area (Å²) in [6.45, 7) is 7.16. The second-order valence-electron chi connectivity index (χ2n) is 5.79. The lowest BCUT2D eigenvalue weighted by atomic mass is 9.98. The third-order valence-corrected chi connectivity index (χ3v) is 4.05. The van der Waals surface area contributed by atoms with Gasteiger partial charge in [-0.3, -0.25) is 9.69 Å². The maximum Gasteiger partial charge on any atom is 0.238 e. The Bertz CT molecular complexity index is 458. The van der Waals surface area contributed by atoms with Crippen molar-refractivity contribution in [2.75, 3.05) is 31.5 Å². The number of nitrogens with one attached hydrogen (secondary N) is 1. The number of para-hydroxylation sites is 1. The molecule has 118 valence electrons. The Hall–Kier alpha value is -1.10. The van der Waals surface area contributed by atoms with Crippen molar-refractivity contribution in [3.05, 3.63) is 29.3 Å². The SMILES string of the molecule is Cc1cccc(C)c1NC(=O)CN1CCCC(CN)C1.Cl. The fraction of sp³-hybridized carbons (Fsp3) is 0.562. The number of amides is 1. The highest BCUT2D eigenvalue weighted by molar-refractivity contribution is 5.93. The number of benzene rings is 1. The smallest absolute Gasteiger partial charge is 0.238 e. The Kier molecular flexibility index (Phi) is 7.15. The Balaban J connectivity index is 0.00000220. The van der Waals surface area contributed by atoms with E-state index in [1.807, 2.05) is 32.0 Å². The van der Waals surface area contributed by atoms with Crippen molar-refractivity contribution in [3.63, 3.8) is 0 Å². The molecule has 3 N–H and O–H groups in total. The summed E-state index contributed by atoms with van der Waals surface area (Å²) < 4.78 is 0. The van der Waals surface area contributed by atoms with Crippen LogP contribution < -0.4 is 11.1 Å². The maximum atomic E-state index is 12.2. The molecule has 0 saturated carbocycles. The molecule has 0 bridgehead atoms. The summed E-state index contributed by atoms with van der Waals surface area (Å²) in [6.07, 6.45) is 2.32. The molecular weight excluding hydrogens is 286 g/mol. The van der Waals surface area contributed by atoms with Crippen molar-refractivity contribution < 1.29 is 4.79 Å². The van der Waals surface area contributed by atoms with Crippen LogP contribution in [0.2, 0.25) is 0 Å². The predicted molar refractivity (Wildman–Crippen MR) is 90.0 cm³/mol. The fourth-order valence-corrected chi connectivity index (χ4v) is 2.88. The number of hydrogen-bond acceptors (Lipinski definition) is 3. The number of hydrogen-bond donors (Lipinski definition) is 2. The summed E-state index contributed by atoms with van der Waals surface area (Å²) in [5.41, 5.74) is 8.90. The molecule has 0 aliphatic carbocycles. The Morgan fingerprint density at radius 3 is 2.67 bits per heavy atom. The highest BCUT2D eigenvalue weighted by Gasteiger charge is 2.20. The third kappa shape index (κ3) is 4.99. The molecule has 1 unspecified atom stereocenters. The molecule has 1 fully saturated rings. The molecule has 0 aromatic heterocycles. The molecule has 1 aliphatic heterocycles. The normalized spacial score (nSPS) is 18.9. The molecule has 1 heterocycles. The number of nitrogens with two attached hydrogens (primary N) is 1. The number of anilines is 1. The number of aryl methyl sites for hydroxylation is 2. The summed E-state index contributed by atoms with van der Waals surface area (Å²) in [6, 6.07) is 6.05. The van der Waals surface area contributed by atoms with E-state index in [4.69, 9.17) is 5.73 Å². The van der Waals surface area contributed by atoms with Gasteiger partial charge in [0.25, 0.3) is 0 Å². The minimum absolute atomic E-state index is 0. The van der Waals surface area contributed by atoms with Crippen LogP contribution in [0, 0.1) is 19.8 Å². The molecule has 0 radical (unpaired) electrons. The second-order valence-corrected chi connectivity index (χ2v) is 5.79. The number of carbonyl (C=O) groups is 1. The average Bonchev–Trinajstić information content (AvgIpc) is 2.43. The van der Waals surface area contributed by atoms with Crippen molar-refractivity contribution in [1.29, 1.82) is 0 Å². The van der Waals surface area contributed by atoms with Crippen LogP contribution in [0.4, 0.5) is 5.69 Å². The summed E-state index contributed by atoms with van der Waals surface area (Å²) in [5, 5.41) is 3.05. The molecule has 1 amide bonds. The van der Waals surface area contributed by atoms with Gasteiger partial charge in [0, 0.05) is 12.2 Å². The van der Waals surface area contributed by atoms with E-state index in [1.54, 1.807) is 0 Å². The van der Waals surface area contributed by atoms with Crippen LogP contribution >= 0.6 is 12.4 Å². The average molecular weight is 312 g/mol. The van der Waals surface area contributed by atoms with Crippen LogP contribution in [-0.2, 0) is 4.79 Å². The zero-order chi connectivity index (χ0) is 14.5. The van der Waals surface area contributed by atoms with Crippen LogP contribution in [0.1, 0.15) is 24.0 Å². The van der Waals surface area contributed by atoms with E-state index in [0.717, 1.165) is 42.9 Å². The monoisotopic (exact) mass is 311 g/mol. The first-order valence-corrected chi connectivity index (χ1v) is 7.38. The molecule has 1 atom stereocenters. The molecule has 1 saturated heterocycles. The van der Waals surface area contributed by atoms with E-state index in [9.17, 15) is 4.79 Å². The predicted octanol–water partition coefficient (Wildman–Crippen LogP) is 2.33. The second kappa shape index (κ2) is 8.37. The summed E-state index contributed by atoms with van der Waals surface area (Å²) in [4.78, 5) is 14.4. The van der Waals surface area contributed by atoms with Gasteiger partial charge in [0.05, 0.1) is 6.54 Å². The van der Waals surface area contributed by atoms with Crippen LogP contribution in [-0.4, -0.2) is 37.0 Å². The highest BCUT2D eigenvalue weighted by atomic mass is 35.5. The quantitative estimate of drug-likeness (QED) is 0.897. The first kappa shape index (κ1) is 18.0. The van der Waals surface area contributed by atoms with Gasteiger partial charge >= 0.3 is 0 Å². The van der Waals surface area contributed by atoms with Crippen molar-refractivity contribution in [2.24, 2.45) is 11.7 Å². The van der Waals surface area contributed by atoms with Crippen LogP contribution in [0.15, 0.2) is 18.2 Å². The summed E-state index contributed by atoms with van der Waals surface area (Å²) in [7, 11) is 0. The van der Waals surface area contributed by atoms with Gasteiger partial charge in [0.2, 0.25) is 5.91 Å². The van der Waals surface area contributed by atoms with Crippen molar-refractivity contribution in [1.82, 2.24) is 4.90 Å². The zero-order valence-corrected chi connectivity index (χ0v) is 13.7. The third-order valence-electron chi connectivity index (χ3n) is 4.05. The number of piperidine rings is 1. The number of likely N-dealkylation sites (tertiary alicyclic amines) is 1. The lowest BCUT2D eigenvalue weighted by molar-refractivity contribution is -0.117. The maximum absolute atomic E-state index is 12.2. The van der Waals surface area contributed by atoms with Gasteiger partial charge in [-0.15, -0.1) is 12.4 Å². The van der Waals surface area contributed by atoms with Gasteiger partial charge in [-0.2, -0.15) is 0 Å². The Labute approximate surface area is 133 Å². The number of carbonyl (C=O) groups excluding carboxylic acids is 1. The Morgan fingerprint density at radius 1 is 1.38 bits per heavy atom. The number of nitrogens with zero attached hydrogens (tertiary/aromatic N) is 1. The van der Waals surface area contributed by atoms with E-state index in [2.05, 4.69) is 10.2 Å². The molecular formula is C16H26ClN3O. The molecule has 0 spiro atoms. The van der Waals surface area contributed by atoms with E-state index in [1.165, 1.54) is 6.42 Å². The van der Waals surface area contributed by atoms with Crippen LogP contribution in [0.25, 0.3) is 0 Å². The van der Waals surface area contributed by atoms with Crippen LogP contribution in [0.5, 0.6) is 0 Å². The van der Waals surface area contributed by atoms with Crippen molar-refractivity contribution >= 4 is 24.0 Å². The first-order chi connectivity index (χ1) is 9.60. The van der Waals surface area contributed by atoms with E-state index >= 15 is 0 Å². The molecule has 1 aromatic carbocycles. The van der Waals surface area contributed by atoms with E-state index in [-0.39, 0.29) is 18.3 Å². The van der Waals surface area contributed by atoms with Gasteiger partial charge in [-0.1, -0.05) is 18.2 Å². The van der Waals surface area contributed by atoms with Gasteiger partial charge in [0.15, 0.2) is 0 Å². The fourth-order valence-electron chi connectivity index (χ4n) is 2.88. The first-order valence-electron chi connectivity index (χ1n) is 7.38. The number of halogens is 1.